The fraction of sp³-hybridized carbons (Fsp3) is 0.615. The zero-order valence-electron chi connectivity index (χ0n) is 10.4. The first kappa shape index (κ1) is 12.7. The molecule has 17 heavy (non-hydrogen) atoms. The second kappa shape index (κ2) is 4.83. The Morgan fingerprint density at radius 1 is 1.53 bits per heavy atom. The number of hydrogen-bond acceptors (Lipinski definition) is 3. The lowest BCUT2D eigenvalue weighted by molar-refractivity contribution is 0.281. The predicted octanol–water partition coefficient (Wildman–Crippen LogP) is 2.85. The van der Waals surface area contributed by atoms with Crippen molar-refractivity contribution < 1.29 is 5.11 Å². The molecule has 1 aromatic rings. The van der Waals surface area contributed by atoms with Crippen LogP contribution in [0.1, 0.15) is 32.3 Å². The Balaban J connectivity index is 2.22. The number of piperidine rings is 1. The van der Waals surface area contributed by atoms with Crippen LogP contribution in [0.15, 0.2) is 12.3 Å². The minimum absolute atomic E-state index is 0.0154. The molecule has 2 rings (SSSR count). The van der Waals surface area contributed by atoms with E-state index in [0.29, 0.717) is 10.4 Å². The van der Waals surface area contributed by atoms with E-state index in [9.17, 15) is 0 Å². The summed E-state index contributed by atoms with van der Waals surface area (Å²) in [6.45, 7) is 6.52. The summed E-state index contributed by atoms with van der Waals surface area (Å²) in [6, 6.07) is 1.80. The lowest BCUT2D eigenvalue weighted by Crippen LogP contribution is -2.40. The van der Waals surface area contributed by atoms with Crippen molar-refractivity contribution in [3.8, 4) is 0 Å². The maximum atomic E-state index is 9.03. The third kappa shape index (κ3) is 2.90. The molecule has 0 bridgehead atoms. The average molecular weight is 255 g/mol. The van der Waals surface area contributed by atoms with Crippen molar-refractivity contribution >= 4 is 17.4 Å². The van der Waals surface area contributed by atoms with Crippen LogP contribution in [0, 0.1) is 5.41 Å². The van der Waals surface area contributed by atoms with Gasteiger partial charge in [0.25, 0.3) is 0 Å². The molecule has 4 heteroatoms. The maximum absolute atomic E-state index is 9.03. The predicted molar refractivity (Wildman–Crippen MR) is 70.4 cm³/mol. The third-order valence-electron chi connectivity index (χ3n) is 3.26. The molecule has 1 fully saturated rings. The summed E-state index contributed by atoms with van der Waals surface area (Å²) >= 11 is 6.22. The van der Waals surface area contributed by atoms with E-state index in [2.05, 4.69) is 23.7 Å². The Morgan fingerprint density at radius 2 is 2.29 bits per heavy atom. The number of pyridine rings is 1. The van der Waals surface area contributed by atoms with Gasteiger partial charge in [-0.1, -0.05) is 25.4 Å². The fourth-order valence-electron chi connectivity index (χ4n) is 2.39. The van der Waals surface area contributed by atoms with Crippen LogP contribution in [-0.2, 0) is 6.61 Å². The highest BCUT2D eigenvalue weighted by Crippen LogP contribution is 2.33. The Morgan fingerprint density at radius 3 is 2.88 bits per heavy atom. The number of aliphatic hydroxyl groups is 1. The first-order chi connectivity index (χ1) is 8.02. The van der Waals surface area contributed by atoms with E-state index in [1.165, 1.54) is 12.8 Å². The smallest absolute Gasteiger partial charge is 0.147 e. The Kier molecular flexibility index (Phi) is 3.59. The van der Waals surface area contributed by atoms with Crippen molar-refractivity contribution in [3.05, 3.63) is 22.8 Å². The second-order valence-electron chi connectivity index (χ2n) is 5.50. The van der Waals surface area contributed by atoms with Crippen LogP contribution in [0.2, 0.25) is 5.02 Å². The zero-order chi connectivity index (χ0) is 12.5. The van der Waals surface area contributed by atoms with Crippen LogP contribution < -0.4 is 4.90 Å². The quantitative estimate of drug-likeness (QED) is 0.882. The zero-order valence-corrected chi connectivity index (χ0v) is 11.2. The van der Waals surface area contributed by atoms with Crippen molar-refractivity contribution in [3.63, 3.8) is 0 Å². The van der Waals surface area contributed by atoms with Gasteiger partial charge in [0.2, 0.25) is 0 Å². The minimum Gasteiger partial charge on any atom is -0.392 e. The molecule has 0 atom stereocenters. The van der Waals surface area contributed by atoms with Gasteiger partial charge in [-0.05, 0) is 29.9 Å². The molecule has 0 saturated carbocycles. The molecule has 0 spiro atoms. The number of aliphatic hydroxyl groups excluding tert-OH is 1. The molecule has 0 aromatic carbocycles. The van der Waals surface area contributed by atoms with Crippen LogP contribution >= 0.6 is 11.6 Å². The van der Waals surface area contributed by atoms with Crippen LogP contribution in [0.5, 0.6) is 0 Å². The molecule has 0 amide bonds. The molecule has 1 N–H and O–H groups in total. The monoisotopic (exact) mass is 254 g/mol. The van der Waals surface area contributed by atoms with Gasteiger partial charge in [0.05, 0.1) is 11.6 Å². The number of anilines is 1. The van der Waals surface area contributed by atoms with E-state index >= 15 is 0 Å². The lowest BCUT2D eigenvalue weighted by Gasteiger charge is -2.39. The van der Waals surface area contributed by atoms with Gasteiger partial charge >= 0.3 is 0 Å². The molecule has 0 aliphatic carbocycles. The van der Waals surface area contributed by atoms with Crippen LogP contribution in [0.4, 0.5) is 5.82 Å². The summed E-state index contributed by atoms with van der Waals surface area (Å²) in [5.74, 6) is 0.844. The molecular formula is C13H19ClN2O. The molecule has 1 aliphatic heterocycles. The Hall–Kier alpha value is -0.800. The molecule has 0 radical (unpaired) electrons. The fourth-order valence-corrected chi connectivity index (χ4v) is 2.70. The normalized spacial score (nSPS) is 19.4. The number of aromatic nitrogens is 1. The van der Waals surface area contributed by atoms with Gasteiger partial charge in [0, 0.05) is 19.3 Å². The van der Waals surface area contributed by atoms with Gasteiger partial charge in [-0.2, -0.15) is 0 Å². The third-order valence-corrected chi connectivity index (χ3v) is 3.54. The molecule has 0 unspecified atom stereocenters. The molecule has 1 saturated heterocycles. The van der Waals surface area contributed by atoms with Crippen LogP contribution in [0.25, 0.3) is 0 Å². The van der Waals surface area contributed by atoms with Crippen LogP contribution in [0.3, 0.4) is 0 Å². The van der Waals surface area contributed by atoms with Crippen LogP contribution in [-0.4, -0.2) is 23.2 Å². The Bertz CT molecular complexity index is 406. The van der Waals surface area contributed by atoms with Crippen molar-refractivity contribution in [1.29, 1.82) is 0 Å². The summed E-state index contributed by atoms with van der Waals surface area (Å²) in [5.41, 5.74) is 1.08. The van der Waals surface area contributed by atoms with Gasteiger partial charge in [-0.15, -0.1) is 0 Å². The molecule has 2 heterocycles. The van der Waals surface area contributed by atoms with E-state index in [1.807, 2.05) is 0 Å². The maximum Gasteiger partial charge on any atom is 0.147 e. The molecule has 1 aromatic heterocycles. The first-order valence-electron chi connectivity index (χ1n) is 6.02. The van der Waals surface area contributed by atoms with Gasteiger partial charge in [0.1, 0.15) is 5.82 Å². The second-order valence-corrected chi connectivity index (χ2v) is 5.90. The first-order valence-corrected chi connectivity index (χ1v) is 6.40. The van der Waals surface area contributed by atoms with Gasteiger partial charge in [-0.3, -0.25) is 0 Å². The molecule has 1 aliphatic rings. The summed E-state index contributed by atoms with van der Waals surface area (Å²) in [6.07, 6.45) is 4.12. The largest absolute Gasteiger partial charge is 0.392 e. The number of halogens is 1. The van der Waals surface area contributed by atoms with E-state index in [0.717, 1.165) is 24.5 Å². The van der Waals surface area contributed by atoms with Gasteiger partial charge in [0.15, 0.2) is 0 Å². The Labute approximate surface area is 107 Å². The SMILES string of the molecule is CC1(C)CCCN(c2ncc(CO)cc2Cl)C1. The standard InChI is InChI=1S/C13H19ClN2O/c1-13(2)4-3-5-16(9-13)12-11(14)6-10(8-17)7-15-12/h6-7,17H,3-5,8-9H2,1-2H3. The summed E-state index contributed by atoms with van der Waals surface area (Å²) in [4.78, 5) is 6.62. The summed E-state index contributed by atoms with van der Waals surface area (Å²) in [7, 11) is 0. The highest BCUT2D eigenvalue weighted by molar-refractivity contribution is 6.33. The van der Waals surface area contributed by atoms with Gasteiger partial charge < -0.3 is 10.0 Å². The molecular weight excluding hydrogens is 236 g/mol. The molecule has 3 nitrogen and oxygen atoms in total. The number of hydrogen-bond donors (Lipinski definition) is 1. The highest BCUT2D eigenvalue weighted by Gasteiger charge is 2.27. The van der Waals surface area contributed by atoms with Crippen molar-refractivity contribution in [2.24, 2.45) is 5.41 Å². The van der Waals surface area contributed by atoms with Crippen molar-refractivity contribution in [2.75, 3.05) is 18.0 Å². The average Bonchev–Trinajstić information content (AvgIpc) is 2.27. The van der Waals surface area contributed by atoms with Gasteiger partial charge in [-0.25, -0.2) is 4.98 Å². The number of rotatable bonds is 2. The highest BCUT2D eigenvalue weighted by atomic mass is 35.5. The minimum atomic E-state index is -0.0154. The summed E-state index contributed by atoms with van der Waals surface area (Å²) in [5, 5.41) is 9.67. The van der Waals surface area contributed by atoms with E-state index in [-0.39, 0.29) is 6.61 Å². The lowest BCUT2D eigenvalue weighted by atomic mass is 9.84. The molecule has 94 valence electrons. The van der Waals surface area contributed by atoms with E-state index in [4.69, 9.17) is 16.7 Å². The van der Waals surface area contributed by atoms with Crippen molar-refractivity contribution in [2.45, 2.75) is 33.3 Å². The summed E-state index contributed by atoms with van der Waals surface area (Å²) < 4.78 is 0. The topological polar surface area (TPSA) is 36.4 Å². The van der Waals surface area contributed by atoms with Crippen molar-refractivity contribution in [1.82, 2.24) is 4.98 Å². The number of nitrogens with zero attached hydrogens (tertiary/aromatic N) is 2. The van der Waals surface area contributed by atoms with E-state index in [1.54, 1.807) is 12.3 Å². The van der Waals surface area contributed by atoms with E-state index < -0.39 is 0 Å².